The van der Waals surface area contributed by atoms with Crippen molar-refractivity contribution < 1.29 is 14.7 Å². The lowest BCUT2D eigenvalue weighted by Gasteiger charge is -2.15. The molecule has 2 heterocycles. The van der Waals surface area contributed by atoms with E-state index in [0.29, 0.717) is 11.4 Å². The predicted molar refractivity (Wildman–Crippen MR) is 83.6 cm³/mol. The average molecular weight is 322 g/mol. The topological polar surface area (TPSA) is 70.5 Å². The lowest BCUT2D eigenvalue weighted by Crippen LogP contribution is -2.25. The van der Waals surface area contributed by atoms with Crippen LogP contribution < -0.4 is 0 Å². The van der Waals surface area contributed by atoms with Crippen molar-refractivity contribution in [1.82, 2.24) is 9.88 Å². The van der Waals surface area contributed by atoms with Crippen LogP contribution in [0.25, 0.3) is 6.08 Å². The summed E-state index contributed by atoms with van der Waals surface area (Å²) in [4.78, 5) is 31.0. The van der Waals surface area contributed by atoms with Gasteiger partial charge in [-0.15, -0.1) is 22.7 Å². The maximum Gasteiger partial charge on any atom is 0.328 e. The number of aliphatic carboxylic acids is 1. The minimum atomic E-state index is -1.01. The van der Waals surface area contributed by atoms with E-state index < -0.39 is 5.97 Å². The normalized spacial score (nSPS) is 11.0. The van der Waals surface area contributed by atoms with E-state index in [9.17, 15) is 9.59 Å². The van der Waals surface area contributed by atoms with Crippen molar-refractivity contribution in [1.29, 1.82) is 0 Å². The van der Waals surface area contributed by atoms with Crippen molar-refractivity contribution in [2.75, 3.05) is 7.05 Å². The van der Waals surface area contributed by atoms with Gasteiger partial charge in [-0.25, -0.2) is 9.78 Å². The van der Waals surface area contributed by atoms with Crippen molar-refractivity contribution in [2.24, 2.45) is 0 Å². The average Bonchev–Trinajstić information content (AvgIpc) is 3.05. The summed E-state index contributed by atoms with van der Waals surface area (Å²) in [6.07, 6.45) is 2.54. The Morgan fingerprint density at radius 1 is 1.43 bits per heavy atom. The Bertz CT molecular complexity index is 688. The number of hydrogen-bond donors (Lipinski definition) is 1. The van der Waals surface area contributed by atoms with Crippen LogP contribution in [0, 0.1) is 6.92 Å². The highest BCUT2D eigenvalue weighted by molar-refractivity contribution is 7.14. The molecule has 0 saturated carbocycles. The smallest absolute Gasteiger partial charge is 0.328 e. The molecule has 2 aromatic heterocycles. The molecule has 0 aliphatic heterocycles. The third kappa shape index (κ3) is 3.99. The van der Waals surface area contributed by atoms with Gasteiger partial charge in [0, 0.05) is 22.9 Å². The number of carboxylic acid groups (broad SMARTS) is 1. The molecular weight excluding hydrogens is 308 g/mol. The van der Waals surface area contributed by atoms with E-state index in [0.717, 1.165) is 21.5 Å². The van der Waals surface area contributed by atoms with Crippen LogP contribution in [0.1, 0.15) is 25.1 Å². The highest BCUT2D eigenvalue weighted by Gasteiger charge is 2.15. The minimum absolute atomic E-state index is 0.0808. The van der Waals surface area contributed by atoms with Crippen LogP contribution in [0.2, 0.25) is 0 Å². The number of thiophene rings is 1. The van der Waals surface area contributed by atoms with Gasteiger partial charge in [0.25, 0.3) is 5.91 Å². The first-order valence-corrected chi connectivity index (χ1v) is 7.82. The van der Waals surface area contributed by atoms with Gasteiger partial charge in [0.15, 0.2) is 0 Å². The number of aryl methyl sites for hydroxylation is 1. The highest BCUT2D eigenvalue weighted by Crippen LogP contribution is 2.21. The summed E-state index contributed by atoms with van der Waals surface area (Å²) in [5, 5.41) is 8.59. The molecule has 1 amide bonds. The van der Waals surface area contributed by atoms with Crippen molar-refractivity contribution in [2.45, 2.75) is 13.5 Å². The molecule has 0 bridgehead atoms. The second-order valence-electron chi connectivity index (χ2n) is 4.40. The number of rotatable bonds is 5. The maximum atomic E-state index is 12.3. The second-order valence-corrected chi connectivity index (χ2v) is 6.45. The molecule has 7 heteroatoms. The number of hydrogen-bond acceptors (Lipinski definition) is 5. The van der Waals surface area contributed by atoms with Gasteiger partial charge in [-0.2, -0.15) is 0 Å². The van der Waals surface area contributed by atoms with Crippen LogP contribution in [0.4, 0.5) is 0 Å². The van der Waals surface area contributed by atoms with E-state index >= 15 is 0 Å². The summed E-state index contributed by atoms with van der Waals surface area (Å²) in [7, 11) is 1.74. The number of nitrogens with zero attached hydrogens (tertiary/aromatic N) is 2. The van der Waals surface area contributed by atoms with Gasteiger partial charge in [0.05, 0.1) is 22.6 Å². The number of aromatic nitrogens is 1. The summed E-state index contributed by atoms with van der Waals surface area (Å²) in [6.45, 7) is 2.44. The van der Waals surface area contributed by atoms with E-state index in [1.165, 1.54) is 28.7 Å². The van der Waals surface area contributed by atoms with E-state index in [1.807, 2.05) is 6.92 Å². The SMILES string of the molecule is Cc1ncsc1CN(C)C(=O)c1ccc(C=CC(=O)O)s1. The zero-order valence-corrected chi connectivity index (χ0v) is 13.2. The van der Waals surface area contributed by atoms with Gasteiger partial charge in [-0.05, 0) is 25.1 Å². The van der Waals surface area contributed by atoms with E-state index in [2.05, 4.69) is 4.98 Å². The Labute approximate surface area is 130 Å². The van der Waals surface area contributed by atoms with Crippen molar-refractivity contribution in [3.8, 4) is 0 Å². The fourth-order valence-corrected chi connectivity index (χ4v) is 3.40. The molecule has 2 aromatic rings. The number of carboxylic acids is 1. The molecular formula is C14H14N2O3S2. The zero-order valence-electron chi connectivity index (χ0n) is 11.6. The lowest BCUT2D eigenvalue weighted by molar-refractivity contribution is -0.131. The molecule has 21 heavy (non-hydrogen) atoms. The molecule has 0 unspecified atom stereocenters. The lowest BCUT2D eigenvalue weighted by atomic mass is 10.3. The van der Waals surface area contributed by atoms with Gasteiger partial charge >= 0.3 is 5.97 Å². The molecule has 0 fully saturated rings. The fraction of sp³-hybridized carbons (Fsp3) is 0.214. The highest BCUT2D eigenvalue weighted by atomic mass is 32.1. The van der Waals surface area contributed by atoms with Crippen molar-refractivity contribution >= 4 is 40.6 Å². The van der Waals surface area contributed by atoms with Gasteiger partial charge < -0.3 is 10.0 Å². The third-order valence-electron chi connectivity index (χ3n) is 2.80. The molecule has 0 aliphatic rings. The number of amides is 1. The molecule has 0 aliphatic carbocycles. The van der Waals surface area contributed by atoms with E-state index in [4.69, 9.17) is 5.11 Å². The summed E-state index contributed by atoms with van der Waals surface area (Å²) in [6, 6.07) is 3.45. The largest absolute Gasteiger partial charge is 0.478 e. The van der Waals surface area contributed by atoms with Crippen LogP contribution in [-0.2, 0) is 11.3 Å². The molecule has 0 saturated heterocycles. The number of carbonyl (C=O) groups is 2. The predicted octanol–water partition coefficient (Wildman–Crippen LogP) is 2.88. The van der Waals surface area contributed by atoms with Crippen molar-refractivity contribution in [3.63, 3.8) is 0 Å². The molecule has 0 atom stereocenters. The van der Waals surface area contributed by atoms with Gasteiger partial charge in [-0.1, -0.05) is 0 Å². The van der Waals surface area contributed by atoms with Gasteiger partial charge in [-0.3, -0.25) is 4.79 Å². The van der Waals surface area contributed by atoms with Gasteiger partial charge in [0.2, 0.25) is 0 Å². The first-order chi connectivity index (χ1) is 9.97. The Balaban J connectivity index is 2.06. The Morgan fingerprint density at radius 3 is 2.81 bits per heavy atom. The van der Waals surface area contributed by atoms with Crippen LogP contribution >= 0.6 is 22.7 Å². The quantitative estimate of drug-likeness (QED) is 0.859. The molecule has 5 nitrogen and oxygen atoms in total. The third-order valence-corrected chi connectivity index (χ3v) is 4.76. The minimum Gasteiger partial charge on any atom is -0.478 e. The molecule has 2 rings (SSSR count). The van der Waals surface area contributed by atoms with E-state index in [-0.39, 0.29) is 5.91 Å². The zero-order chi connectivity index (χ0) is 15.4. The first kappa shape index (κ1) is 15.4. The Hall–Kier alpha value is -1.99. The fourth-order valence-electron chi connectivity index (χ4n) is 1.66. The first-order valence-electron chi connectivity index (χ1n) is 6.12. The van der Waals surface area contributed by atoms with Crippen LogP contribution in [0.3, 0.4) is 0 Å². The summed E-state index contributed by atoms with van der Waals surface area (Å²) >= 11 is 2.80. The van der Waals surface area contributed by atoms with Gasteiger partial charge in [0.1, 0.15) is 0 Å². The molecule has 0 aromatic carbocycles. The van der Waals surface area contributed by atoms with Crippen LogP contribution in [0.15, 0.2) is 23.7 Å². The van der Waals surface area contributed by atoms with Crippen LogP contribution in [0.5, 0.6) is 0 Å². The molecule has 0 spiro atoms. The maximum absolute atomic E-state index is 12.3. The van der Waals surface area contributed by atoms with Crippen LogP contribution in [-0.4, -0.2) is 33.9 Å². The van der Waals surface area contributed by atoms with E-state index in [1.54, 1.807) is 29.6 Å². The molecule has 1 N–H and O–H groups in total. The summed E-state index contributed by atoms with van der Waals surface area (Å²) < 4.78 is 0. The molecule has 110 valence electrons. The monoisotopic (exact) mass is 322 g/mol. The Kier molecular flexibility index (Phi) is 4.87. The summed E-state index contributed by atoms with van der Waals surface area (Å²) in [5.41, 5.74) is 2.71. The standard InChI is InChI=1S/C14H14N2O3S2/c1-9-12(20-8-15-9)7-16(2)14(19)11-5-3-10(21-11)4-6-13(17)18/h3-6,8H,7H2,1-2H3,(H,17,18). The second kappa shape index (κ2) is 6.64. The van der Waals surface area contributed by atoms with Crippen molar-refractivity contribution in [3.05, 3.63) is 44.0 Å². The number of thiazole rings is 1. The summed E-state index contributed by atoms with van der Waals surface area (Å²) in [5.74, 6) is -1.09. The molecule has 0 radical (unpaired) electrons. The Morgan fingerprint density at radius 2 is 2.19 bits per heavy atom. The number of carbonyl (C=O) groups excluding carboxylic acids is 1.